The summed E-state index contributed by atoms with van der Waals surface area (Å²) < 4.78 is 10.7. The summed E-state index contributed by atoms with van der Waals surface area (Å²) in [5, 5.41) is 0.965. The second kappa shape index (κ2) is 5.60. The first-order valence-electron chi connectivity index (χ1n) is 5.31. The van der Waals surface area contributed by atoms with Gasteiger partial charge in [-0.3, -0.25) is 4.79 Å². The molecule has 5 nitrogen and oxygen atoms in total. The number of carbonyl (C=O) groups is 1. The summed E-state index contributed by atoms with van der Waals surface area (Å²) in [6.07, 6.45) is 1.72. The maximum Gasteiger partial charge on any atom is 0.280 e. The van der Waals surface area contributed by atoms with Crippen molar-refractivity contribution in [3.05, 3.63) is 28.7 Å². The van der Waals surface area contributed by atoms with Crippen molar-refractivity contribution in [2.24, 2.45) is 5.84 Å². The van der Waals surface area contributed by atoms with Crippen LogP contribution in [0.5, 0.6) is 11.5 Å². The van der Waals surface area contributed by atoms with Crippen LogP contribution in [0.1, 0.15) is 5.56 Å². The molecule has 1 aromatic rings. The Morgan fingerprint density at radius 3 is 2.53 bits per heavy atom. The van der Waals surface area contributed by atoms with E-state index in [-0.39, 0.29) is 5.91 Å². The van der Waals surface area contributed by atoms with Gasteiger partial charge in [-0.2, -0.15) is 0 Å². The Morgan fingerprint density at radius 2 is 2.00 bits per heavy atom. The third kappa shape index (κ3) is 2.73. The summed E-state index contributed by atoms with van der Waals surface area (Å²) >= 11 is 6.13. The summed E-state index contributed by atoms with van der Waals surface area (Å²) in [5.41, 5.74) is 0.812. The third-order valence-electron chi connectivity index (χ3n) is 2.53. The van der Waals surface area contributed by atoms with Crippen molar-refractivity contribution in [3.8, 4) is 11.5 Å². The van der Waals surface area contributed by atoms with Crippen LogP contribution in [0.3, 0.4) is 0 Å². The number of ether oxygens (including phenoxy) is 2. The summed E-state index contributed by atoms with van der Waals surface area (Å²) in [5.74, 6) is 6.43. The SMILES string of the molecule is COc1ccc(/C=C2/SC(=S)N(N)C2=O)cc1OC. The number of nitrogens with two attached hydrogens (primary N) is 1. The Balaban J connectivity index is 2.34. The summed E-state index contributed by atoms with van der Waals surface area (Å²) in [6.45, 7) is 0. The Labute approximate surface area is 120 Å². The molecule has 1 heterocycles. The molecule has 1 aliphatic heterocycles. The standard InChI is InChI=1S/C12H12N2O3S2/c1-16-8-4-3-7(5-9(8)17-2)6-10-11(15)14(13)12(18)19-10/h3-6H,13H2,1-2H3/b10-6+. The molecule has 19 heavy (non-hydrogen) atoms. The zero-order chi connectivity index (χ0) is 14.0. The van der Waals surface area contributed by atoms with E-state index in [1.807, 2.05) is 6.07 Å². The Kier molecular flexibility index (Phi) is 4.08. The number of amides is 1. The number of benzene rings is 1. The van der Waals surface area contributed by atoms with E-state index in [1.54, 1.807) is 32.4 Å². The van der Waals surface area contributed by atoms with Gasteiger partial charge in [-0.1, -0.05) is 30.0 Å². The minimum absolute atomic E-state index is 0.301. The second-order valence-corrected chi connectivity index (χ2v) is 5.34. The molecule has 1 fully saturated rings. The Hall–Kier alpha value is -1.57. The highest BCUT2D eigenvalue weighted by Crippen LogP contribution is 2.33. The molecule has 1 amide bonds. The number of thiocarbonyl (C=S) groups is 1. The zero-order valence-electron chi connectivity index (χ0n) is 10.4. The Morgan fingerprint density at radius 1 is 1.32 bits per heavy atom. The van der Waals surface area contributed by atoms with Gasteiger partial charge in [0.05, 0.1) is 19.1 Å². The first kappa shape index (κ1) is 13.9. The smallest absolute Gasteiger partial charge is 0.280 e. The molecule has 2 N–H and O–H groups in total. The number of rotatable bonds is 3. The fraction of sp³-hybridized carbons (Fsp3) is 0.167. The maximum atomic E-state index is 11.8. The van der Waals surface area contributed by atoms with Crippen LogP contribution in [0.25, 0.3) is 6.08 Å². The van der Waals surface area contributed by atoms with Crippen LogP contribution in [0.2, 0.25) is 0 Å². The highest BCUT2D eigenvalue weighted by atomic mass is 32.2. The van der Waals surface area contributed by atoms with Crippen molar-refractivity contribution in [1.29, 1.82) is 0 Å². The average Bonchev–Trinajstić information content (AvgIpc) is 2.66. The van der Waals surface area contributed by atoms with Crippen molar-refractivity contribution < 1.29 is 14.3 Å². The van der Waals surface area contributed by atoms with Gasteiger partial charge in [-0.15, -0.1) is 0 Å². The maximum absolute atomic E-state index is 11.8. The molecule has 0 aromatic heterocycles. The van der Waals surface area contributed by atoms with Gasteiger partial charge < -0.3 is 9.47 Å². The molecular weight excluding hydrogens is 284 g/mol. The lowest BCUT2D eigenvalue weighted by Crippen LogP contribution is -2.34. The number of methoxy groups -OCH3 is 2. The largest absolute Gasteiger partial charge is 0.493 e. The number of thioether (sulfide) groups is 1. The molecule has 0 unspecified atom stereocenters. The molecule has 0 saturated carbocycles. The van der Waals surface area contributed by atoms with Crippen LogP contribution in [0.15, 0.2) is 23.1 Å². The number of hydrogen-bond donors (Lipinski definition) is 1. The predicted octanol–water partition coefficient (Wildman–Crippen LogP) is 1.78. The average molecular weight is 296 g/mol. The van der Waals surface area contributed by atoms with Crippen LogP contribution in [0, 0.1) is 0 Å². The van der Waals surface area contributed by atoms with Crippen molar-refractivity contribution in [3.63, 3.8) is 0 Å². The summed E-state index contributed by atoms with van der Waals surface area (Å²) in [4.78, 5) is 12.3. The molecule has 100 valence electrons. The zero-order valence-corrected chi connectivity index (χ0v) is 12.0. The lowest BCUT2D eigenvalue weighted by Gasteiger charge is -2.07. The van der Waals surface area contributed by atoms with Gasteiger partial charge in [0, 0.05) is 0 Å². The lowest BCUT2D eigenvalue weighted by molar-refractivity contribution is -0.122. The van der Waals surface area contributed by atoms with Gasteiger partial charge in [-0.25, -0.2) is 10.9 Å². The molecular formula is C12H12N2O3S2. The number of hydrazine groups is 1. The molecule has 7 heteroatoms. The van der Waals surface area contributed by atoms with Crippen molar-refractivity contribution in [2.75, 3.05) is 14.2 Å². The van der Waals surface area contributed by atoms with Crippen molar-refractivity contribution in [1.82, 2.24) is 5.01 Å². The topological polar surface area (TPSA) is 64.8 Å². The van der Waals surface area contributed by atoms with E-state index in [4.69, 9.17) is 27.5 Å². The molecule has 0 atom stereocenters. The predicted molar refractivity (Wildman–Crippen MR) is 78.7 cm³/mol. The van der Waals surface area contributed by atoms with E-state index >= 15 is 0 Å². The lowest BCUT2D eigenvalue weighted by atomic mass is 10.2. The molecule has 0 aliphatic carbocycles. The summed E-state index contributed by atoms with van der Waals surface area (Å²) in [7, 11) is 3.12. The third-order valence-corrected chi connectivity index (χ3v) is 3.86. The van der Waals surface area contributed by atoms with Gasteiger partial charge in [0.2, 0.25) is 0 Å². The van der Waals surface area contributed by atoms with Gasteiger partial charge in [0.1, 0.15) is 0 Å². The normalized spacial score (nSPS) is 17.2. The van der Waals surface area contributed by atoms with Crippen LogP contribution in [-0.2, 0) is 4.79 Å². The van der Waals surface area contributed by atoms with Crippen molar-refractivity contribution in [2.45, 2.75) is 0 Å². The quantitative estimate of drug-likeness (QED) is 0.397. The van der Waals surface area contributed by atoms with Crippen LogP contribution >= 0.6 is 24.0 Å². The van der Waals surface area contributed by atoms with Crippen molar-refractivity contribution >= 4 is 40.3 Å². The first-order chi connectivity index (χ1) is 9.06. The van der Waals surface area contributed by atoms with Gasteiger partial charge in [0.25, 0.3) is 5.91 Å². The fourth-order valence-corrected chi connectivity index (χ4v) is 2.68. The van der Waals surface area contributed by atoms with E-state index in [1.165, 1.54) is 11.8 Å². The highest BCUT2D eigenvalue weighted by molar-refractivity contribution is 8.26. The minimum atomic E-state index is -0.301. The number of nitrogens with zero attached hydrogens (tertiary/aromatic N) is 1. The van der Waals surface area contributed by atoms with E-state index in [0.29, 0.717) is 20.7 Å². The van der Waals surface area contributed by atoms with Crippen LogP contribution < -0.4 is 15.3 Å². The van der Waals surface area contributed by atoms with Gasteiger partial charge in [-0.05, 0) is 23.8 Å². The van der Waals surface area contributed by atoms with Crippen LogP contribution in [-0.4, -0.2) is 29.5 Å². The molecule has 0 spiro atoms. The number of hydrogen-bond acceptors (Lipinski definition) is 6. The molecule has 1 aromatic carbocycles. The molecule has 1 saturated heterocycles. The minimum Gasteiger partial charge on any atom is -0.493 e. The van der Waals surface area contributed by atoms with Gasteiger partial charge in [0.15, 0.2) is 15.8 Å². The highest BCUT2D eigenvalue weighted by Gasteiger charge is 2.29. The van der Waals surface area contributed by atoms with Gasteiger partial charge >= 0.3 is 0 Å². The molecule has 1 aliphatic rings. The second-order valence-electron chi connectivity index (χ2n) is 3.67. The molecule has 0 radical (unpaired) electrons. The van der Waals surface area contributed by atoms with Crippen LogP contribution in [0.4, 0.5) is 0 Å². The van der Waals surface area contributed by atoms with E-state index in [0.717, 1.165) is 10.6 Å². The van der Waals surface area contributed by atoms with E-state index < -0.39 is 0 Å². The molecule has 0 bridgehead atoms. The first-order valence-corrected chi connectivity index (χ1v) is 6.54. The van der Waals surface area contributed by atoms with E-state index in [2.05, 4.69) is 0 Å². The molecule has 2 rings (SSSR count). The fourth-order valence-electron chi connectivity index (χ4n) is 1.57. The summed E-state index contributed by atoms with van der Waals surface area (Å²) in [6, 6.07) is 5.38. The van der Waals surface area contributed by atoms with E-state index in [9.17, 15) is 4.79 Å². The Bertz CT molecular complexity index is 572. The number of carbonyl (C=O) groups excluding carboxylic acids is 1. The monoisotopic (exact) mass is 296 g/mol.